The molecule has 0 spiro atoms. The van der Waals surface area contributed by atoms with E-state index < -0.39 is 0 Å². The normalized spacial score (nSPS) is 21.7. The zero-order chi connectivity index (χ0) is 14.8. The van der Waals surface area contributed by atoms with E-state index in [0.29, 0.717) is 26.2 Å². The zero-order valence-electron chi connectivity index (χ0n) is 12.4. The fraction of sp³-hybridized carbons (Fsp3) is 0.857. The van der Waals surface area contributed by atoms with Crippen LogP contribution in [-0.4, -0.2) is 50.8 Å². The van der Waals surface area contributed by atoms with Crippen molar-refractivity contribution in [2.45, 2.75) is 51.2 Å². The van der Waals surface area contributed by atoms with Crippen LogP contribution in [-0.2, 0) is 19.1 Å². The van der Waals surface area contributed by atoms with Gasteiger partial charge in [-0.2, -0.15) is 0 Å². The van der Waals surface area contributed by atoms with Gasteiger partial charge >= 0.3 is 0 Å². The Kier molecular flexibility index (Phi) is 8.22. The number of carbonyl (C=O) groups excluding carboxylic acids is 2. The highest BCUT2D eigenvalue weighted by Crippen LogP contribution is 2.14. The van der Waals surface area contributed by atoms with E-state index in [1.54, 1.807) is 7.11 Å². The summed E-state index contributed by atoms with van der Waals surface area (Å²) in [5, 5.41) is 5.75. The molecule has 0 bridgehead atoms. The molecule has 0 saturated carbocycles. The van der Waals surface area contributed by atoms with Crippen molar-refractivity contribution in [3.63, 3.8) is 0 Å². The third kappa shape index (κ3) is 6.86. The number of methoxy groups -OCH3 is 1. The van der Waals surface area contributed by atoms with Crippen molar-refractivity contribution in [3.05, 3.63) is 0 Å². The Bertz CT molecular complexity index is 310. The summed E-state index contributed by atoms with van der Waals surface area (Å²) in [7, 11) is 1.63. The van der Waals surface area contributed by atoms with Gasteiger partial charge in [0.2, 0.25) is 11.8 Å². The van der Waals surface area contributed by atoms with Crippen molar-refractivity contribution in [2.75, 3.05) is 26.9 Å². The van der Waals surface area contributed by atoms with Gasteiger partial charge in [0.05, 0.1) is 12.6 Å². The summed E-state index contributed by atoms with van der Waals surface area (Å²) in [5.74, 6) is 0.0642. The largest absolute Gasteiger partial charge is 0.382 e. The molecule has 116 valence electrons. The number of hydrogen-bond donors (Lipinski definition) is 2. The monoisotopic (exact) mass is 286 g/mol. The Morgan fingerprint density at radius 2 is 2.10 bits per heavy atom. The topological polar surface area (TPSA) is 76.7 Å². The molecule has 1 aliphatic heterocycles. The third-order valence-electron chi connectivity index (χ3n) is 3.34. The van der Waals surface area contributed by atoms with Crippen LogP contribution in [0.25, 0.3) is 0 Å². The molecule has 1 heterocycles. The van der Waals surface area contributed by atoms with E-state index in [2.05, 4.69) is 10.6 Å². The van der Waals surface area contributed by atoms with Gasteiger partial charge < -0.3 is 20.1 Å². The van der Waals surface area contributed by atoms with Crippen LogP contribution in [0, 0.1) is 0 Å². The lowest BCUT2D eigenvalue weighted by atomic mass is 10.1. The number of amides is 2. The molecule has 2 unspecified atom stereocenters. The highest BCUT2D eigenvalue weighted by Gasteiger charge is 2.29. The van der Waals surface area contributed by atoms with E-state index in [1.165, 1.54) is 6.92 Å². The molecule has 0 aromatic heterocycles. The Labute approximate surface area is 120 Å². The van der Waals surface area contributed by atoms with Gasteiger partial charge in [0.15, 0.2) is 0 Å². The van der Waals surface area contributed by atoms with Crippen LogP contribution in [0.3, 0.4) is 0 Å². The summed E-state index contributed by atoms with van der Waals surface area (Å²) >= 11 is 0. The molecule has 1 rings (SSSR count). The predicted molar refractivity (Wildman–Crippen MR) is 75.3 cm³/mol. The van der Waals surface area contributed by atoms with Gasteiger partial charge in [-0.3, -0.25) is 9.59 Å². The molecule has 2 atom stereocenters. The van der Waals surface area contributed by atoms with Gasteiger partial charge in [0.1, 0.15) is 6.10 Å². The van der Waals surface area contributed by atoms with Crippen LogP contribution >= 0.6 is 0 Å². The molecule has 2 amide bonds. The van der Waals surface area contributed by atoms with Crippen LogP contribution in [0.2, 0.25) is 0 Å². The highest BCUT2D eigenvalue weighted by atomic mass is 16.5. The van der Waals surface area contributed by atoms with E-state index in [1.807, 2.05) is 0 Å². The fourth-order valence-electron chi connectivity index (χ4n) is 2.27. The number of ether oxygens (including phenoxy) is 2. The van der Waals surface area contributed by atoms with Crippen molar-refractivity contribution >= 4 is 11.8 Å². The number of nitrogens with one attached hydrogen (secondary N) is 2. The first-order chi connectivity index (χ1) is 9.63. The summed E-state index contributed by atoms with van der Waals surface area (Å²) in [6.45, 7) is 3.38. The third-order valence-corrected chi connectivity index (χ3v) is 3.34. The lowest BCUT2D eigenvalue weighted by Crippen LogP contribution is -2.42. The smallest absolute Gasteiger partial charge is 0.220 e. The van der Waals surface area contributed by atoms with E-state index in [4.69, 9.17) is 9.47 Å². The zero-order valence-corrected chi connectivity index (χ0v) is 12.4. The van der Waals surface area contributed by atoms with Gasteiger partial charge in [-0.05, 0) is 19.3 Å². The molecule has 0 aliphatic carbocycles. The first-order valence-corrected chi connectivity index (χ1v) is 7.28. The van der Waals surface area contributed by atoms with Crippen molar-refractivity contribution < 1.29 is 19.1 Å². The summed E-state index contributed by atoms with van der Waals surface area (Å²) in [6, 6.07) is 0.0711. The fourth-order valence-corrected chi connectivity index (χ4v) is 2.27. The Morgan fingerprint density at radius 1 is 1.30 bits per heavy atom. The van der Waals surface area contributed by atoms with Crippen LogP contribution in [0.4, 0.5) is 0 Å². The minimum absolute atomic E-state index is 0.00633. The van der Waals surface area contributed by atoms with Crippen LogP contribution in [0.5, 0.6) is 0 Å². The maximum absolute atomic E-state index is 11.8. The molecule has 20 heavy (non-hydrogen) atoms. The standard InChI is InChI=1S/C14H26N2O4/c1-11(17)15-8-5-3-4-6-14(18)16-12-7-9-20-13(12)10-19-2/h12-13H,3-10H2,1-2H3,(H,15,17)(H,16,18). The number of unbranched alkanes of at least 4 members (excludes halogenated alkanes) is 2. The predicted octanol–water partition coefficient (Wildman–Crippen LogP) is 0.603. The van der Waals surface area contributed by atoms with E-state index in [9.17, 15) is 9.59 Å². The van der Waals surface area contributed by atoms with Crippen molar-refractivity contribution in [2.24, 2.45) is 0 Å². The number of carbonyl (C=O) groups is 2. The molecule has 6 heteroatoms. The van der Waals surface area contributed by atoms with Gasteiger partial charge in [-0.15, -0.1) is 0 Å². The van der Waals surface area contributed by atoms with Crippen molar-refractivity contribution in [1.82, 2.24) is 10.6 Å². The summed E-state index contributed by atoms with van der Waals surface area (Å²) in [5.41, 5.74) is 0. The van der Waals surface area contributed by atoms with Crippen LogP contribution in [0.1, 0.15) is 39.0 Å². The first kappa shape index (κ1) is 16.9. The molecule has 0 aromatic carbocycles. The molecule has 1 saturated heterocycles. The van der Waals surface area contributed by atoms with E-state index in [-0.39, 0.29) is 24.0 Å². The number of hydrogen-bond acceptors (Lipinski definition) is 4. The second-order valence-electron chi connectivity index (χ2n) is 5.12. The Balaban J connectivity index is 2.06. The van der Waals surface area contributed by atoms with Crippen molar-refractivity contribution in [3.8, 4) is 0 Å². The molecular weight excluding hydrogens is 260 g/mol. The quantitative estimate of drug-likeness (QED) is 0.609. The SMILES string of the molecule is COCC1OCCC1NC(=O)CCCCCNC(C)=O. The van der Waals surface area contributed by atoms with Gasteiger partial charge in [0, 0.05) is 33.6 Å². The summed E-state index contributed by atoms with van der Waals surface area (Å²) < 4.78 is 10.6. The van der Waals surface area contributed by atoms with Gasteiger partial charge in [-0.25, -0.2) is 0 Å². The minimum atomic E-state index is -0.0243. The maximum atomic E-state index is 11.8. The van der Waals surface area contributed by atoms with Crippen LogP contribution in [0.15, 0.2) is 0 Å². The summed E-state index contributed by atoms with van der Waals surface area (Å²) in [4.78, 5) is 22.5. The van der Waals surface area contributed by atoms with E-state index in [0.717, 1.165) is 25.7 Å². The average Bonchev–Trinajstić information content (AvgIpc) is 2.81. The molecule has 6 nitrogen and oxygen atoms in total. The Morgan fingerprint density at radius 3 is 2.80 bits per heavy atom. The van der Waals surface area contributed by atoms with Gasteiger partial charge in [-0.1, -0.05) is 6.42 Å². The number of rotatable bonds is 9. The molecule has 1 fully saturated rings. The van der Waals surface area contributed by atoms with E-state index >= 15 is 0 Å². The lowest BCUT2D eigenvalue weighted by molar-refractivity contribution is -0.122. The second kappa shape index (κ2) is 9.72. The summed E-state index contributed by atoms with van der Waals surface area (Å²) in [6.07, 6.45) is 4.04. The molecule has 2 N–H and O–H groups in total. The molecule has 0 radical (unpaired) electrons. The molecule has 0 aromatic rings. The first-order valence-electron chi connectivity index (χ1n) is 7.28. The second-order valence-corrected chi connectivity index (χ2v) is 5.12. The minimum Gasteiger partial charge on any atom is -0.382 e. The van der Waals surface area contributed by atoms with Crippen molar-refractivity contribution in [1.29, 1.82) is 0 Å². The average molecular weight is 286 g/mol. The lowest BCUT2D eigenvalue weighted by Gasteiger charge is -2.19. The van der Waals surface area contributed by atoms with Crippen LogP contribution < -0.4 is 10.6 Å². The maximum Gasteiger partial charge on any atom is 0.220 e. The molecule has 1 aliphatic rings. The van der Waals surface area contributed by atoms with Gasteiger partial charge in [0.25, 0.3) is 0 Å². The highest BCUT2D eigenvalue weighted by molar-refractivity contribution is 5.76. The Hall–Kier alpha value is -1.14. The molecular formula is C14H26N2O4.